The van der Waals surface area contributed by atoms with Gasteiger partial charge in [0.05, 0.1) is 6.04 Å². The standard InChI is InChI=1S/C18H17BrN2/c1-11-7-14(8-12(2)17(11)19)18(20)16-10-21-9-13-5-3-4-6-15(13)16/h3-10,18H,20H2,1-2H3. The van der Waals surface area contributed by atoms with Gasteiger partial charge in [0.2, 0.25) is 0 Å². The van der Waals surface area contributed by atoms with Gasteiger partial charge in [-0.15, -0.1) is 0 Å². The van der Waals surface area contributed by atoms with Crippen LogP contribution in [0.3, 0.4) is 0 Å². The average molecular weight is 341 g/mol. The Labute approximate surface area is 133 Å². The predicted octanol–water partition coefficient (Wildman–Crippen LogP) is 4.66. The number of aromatic nitrogens is 1. The summed E-state index contributed by atoms with van der Waals surface area (Å²) in [5.74, 6) is 0. The topological polar surface area (TPSA) is 38.9 Å². The SMILES string of the molecule is Cc1cc(C(N)c2cncc3ccccc23)cc(C)c1Br. The van der Waals surface area contributed by atoms with Gasteiger partial charge < -0.3 is 5.73 Å². The average Bonchev–Trinajstić information content (AvgIpc) is 2.51. The summed E-state index contributed by atoms with van der Waals surface area (Å²) in [5.41, 5.74) is 11.1. The second-order valence-corrected chi connectivity index (χ2v) is 6.19. The molecule has 0 aliphatic heterocycles. The number of hydrogen-bond acceptors (Lipinski definition) is 2. The zero-order valence-corrected chi connectivity index (χ0v) is 13.7. The van der Waals surface area contributed by atoms with Crippen LogP contribution in [0, 0.1) is 13.8 Å². The molecule has 0 aliphatic carbocycles. The van der Waals surface area contributed by atoms with Gasteiger partial charge >= 0.3 is 0 Å². The Hall–Kier alpha value is -1.71. The number of aryl methyl sites for hydroxylation is 2. The molecule has 2 aromatic carbocycles. The minimum atomic E-state index is -0.172. The van der Waals surface area contributed by atoms with Crippen molar-refractivity contribution in [3.05, 3.63) is 75.5 Å². The van der Waals surface area contributed by atoms with Crippen molar-refractivity contribution in [2.24, 2.45) is 5.73 Å². The first-order valence-corrected chi connectivity index (χ1v) is 7.72. The van der Waals surface area contributed by atoms with E-state index in [1.165, 1.54) is 16.5 Å². The summed E-state index contributed by atoms with van der Waals surface area (Å²) in [7, 11) is 0. The highest BCUT2D eigenvalue weighted by Crippen LogP contribution is 2.30. The second kappa shape index (κ2) is 5.58. The van der Waals surface area contributed by atoms with Crippen LogP contribution in [-0.4, -0.2) is 4.98 Å². The fraction of sp³-hybridized carbons (Fsp3) is 0.167. The number of benzene rings is 2. The zero-order valence-electron chi connectivity index (χ0n) is 12.1. The fourth-order valence-electron chi connectivity index (χ4n) is 2.73. The molecular formula is C18H17BrN2. The maximum atomic E-state index is 6.51. The normalized spacial score (nSPS) is 12.6. The van der Waals surface area contributed by atoms with E-state index in [9.17, 15) is 0 Å². The third-order valence-corrected chi connectivity index (χ3v) is 5.10. The van der Waals surface area contributed by atoms with Crippen LogP contribution < -0.4 is 5.73 Å². The highest BCUT2D eigenvalue weighted by molar-refractivity contribution is 9.10. The summed E-state index contributed by atoms with van der Waals surface area (Å²) in [4.78, 5) is 4.33. The van der Waals surface area contributed by atoms with E-state index in [2.05, 4.69) is 59.0 Å². The molecule has 21 heavy (non-hydrogen) atoms. The lowest BCUT2D eigenvalue weighted by Crippen LogP contribution is -2.13. The molecule has 1 unspecified atom stereocenters. The molecule has 3 heteroatoms. The Bertz CT molecular complexity index is 783. The number of rotatable bonds is 2. The molecule has 0 bridgehead atoms. The monoisotopic (exact) mass is 340 g/mol. The molecular weight excluding hydrogens is 324 g/mol. The second-order valence-electron chi connectivity index (χ2n) is 5.40. The largest absolute Gasteiger partial charge is 0.320 e. The summed E-state index contributed by atoms with van der Waals surface area (Å²) in [6.07, 6.45) is 3.75. The van der Waals surface area contributed by atoms with Crippen molar-refractivity contribution in [1.29, 1.82) is 0 Å². The van der Waals surface area contributed by atoms with Gasteiger partial charge in [-0.2, -0.15) is 0 Å². The van der Waals surface area contributed by atoms with Crippen LogP contribution in [0.15, 0.2) is 53.3 Å². The first kappa shape index (κ1) is 14.2. The first-order valence-electron chi connectivity index (χ1n) is 6.93. The smallest absolute Gasteiger partial charge is 0.0573 e. The number of nitrogens with two attached hydrogens (primary N) is 1. The zero-order chi connectivity index (χ0) is 15.0. The third kappa shape index (κ3) is 2.59. The van der Waals surface area contributed by atoms with Crippen molar-refractivity contribution >= 4 is 26.7 Å². The summed E-state index contributed by atoms with van der Waals surface area (Å²) in [5, 5.41) is 2.29. The molecule has 3 rings (SSSR count). The highest BCUT2D eigenvalue weighted by atomic mass is 79.9. The van der Waals surface area contributed by atoms with Crippen LogP contribution in [0.1, 0.15) is 28.3 Å². The van der Waals surface area contributed by atoms with Crippen LogP contribution in [0.4, 0.5) is 0 Å². The van der Waals surface area contributed by atoms with Crippen LogP contribution in [-0.2, 0) is 0 Å². The van der Waals surface area contributed by atoms with Gasteiger partial charge in [-0.3, -0.25) is 4.98 Å². The van der Waals surface area contributed by atoms with Gasteiger partial charge in [-0.25, -0.2) is 0 Å². The van der Waals surface area contributed by atoms with Crippen molar-refractivity contribution in [2.45, 2.75) is 19.9 Å². The Kier molecular flexibility index (Phi) is 3.79. The molecule has 0 amide bonds. The predicted molar refractivity (Wildman–Crippen MR) is 91.4 cm³/mol. The van der Waals surface area contributed by atoms with E-state index < -0.39 is 0 Å². The minimum Gasteiger partial charge on any atom is -0.320 e. The molecule has 1 atom stereocenters. The summed E-state index contributed by atoms with van der Waals surface area (Å²) in [6, 6.07) is 12.3. The minimum absolute atomic E-state index is 0.172. The molecule has 2 N–H and O–H groups in total. The third-order valence-electron chi connectivity index (χ3n) is 3.85. The van der Waals surface area contributed by atoms with Gasteiger partial charge in [0, 0.05) is 22.3 Å². The van der Waals surface area contributed by atoms with E-state index in [4.69, 9.17) is 5.73 Å². The Morgan fingerprint density at radius 2 is 1.71 bits per heavy atom. The van der Waals surface area contributed by atoms with Crippen molar-refractivity contribution in [2.75, 3.05) is 0 Å². The van der Waals surface area contributed by atoms with Crippen molar-refractivity contribution in [3.63, 3.8) is 0 Å². The summed E-state index contributed by atoms with van der Waals surface area (Å²) >= 11 is 3.61. The van der Waals surface area contributed by atoms with E-state index in [1.807, 2.05) is 24.5 Å². The highest BCUT2D eigenvalue weighted by Gasteiger charge is 2.14. The molecule has 0 aliphatic rings. The molecule has 0 saturated carbocycles. The summed E-state index contributed by atoms with van der Waals surface area (Å²) in [6.45, 7) is 4.18. The van der Waals surface area contributed by atoms with E-state index in [0.29, 0.717) is 0 Å². The molecule has 0 radical (unpaired) electrons. The van der Waals surface area contributed by atoms with Crippen molar-refractivity contribution in [1.82, 2.24) is 4.98 Å². The Balaban J connectivity index is 2.15. The lowest BCUT2D eigenvalue weighted by Gasteiger charge is -2.17. The molecule has 1 heterocycles. The molecule has 0 spiro atoms. The molecule has 1 aromatic heterocycles. The van der Waals surface area contributed by atoms with Crippen LogP contribution in [0.25, 0.3) is 10.8 Å². The van der Waals surface area contributed by atoms with Gasteiger partial charge in [0.15, 0.2) is 0 Å². The van der Waals surface area contributed by atoms with E-state index >= 15 is 0 Å². The van der Waals surface area contributed by atoms with Crippen molar-refractivity contribution < 1.29 is 0 Å². The quantitative estimate of drug-likeness (QED) is 0.736. The molecule has 0 saturated heterocycles. The van der Waals surface area contributed by atoms with Gasteiger partial charge in [0.1, 0.15) is 0 Å². The van der Waals surface area contributed by atoms with Crippen molar-refractivity contribution in [3.8, 4) is 0 Å². The van der Waals surface area contributed by atoms with Gasteiger partial charge in [-0.05, 0) is 41.5 Å². The fourth-order valence-corrected chi connectivity index (χ4v) is 2.96. The maximum Gasteiger partial charge on any atom is 0.0573 e. The first-order chi connectivity index (χ1) is 10.1. The van der Waals surface area contributed by atoms with E-state index in [0.717, 1.165) is 21.0 Å². The molecule has 0 fully saturated rings. The van der Waals surface area contributed by atoms with Crippen LogP contribution in [0.5, 0.6) is 0 Å². The Morgan fingerprint density at radius 3 is 2.43 bits per heavy atom. The summed E-state index contributed by atoms with van der Waals surface area (Å²) < 4.78 is 1.15. The van der Waals surface area contributed by atoms with E-state index in [1.54, 1.807) is 0 Å². The maximum absolute atomic E-state index is 6.51. The molecule has 106 valence electrons. The lowest BCUT2D eigenvalue weighted by molar-refractivity contribution is 0.869. The number of halogens is 1. The lowest BCUT2D eigenvalue weighted by atomic mass is 9.94. The number of nitrogens with zero attached hydrogens (tertiary/aromatic N) is 1. The van der Waals surface area contributed by atoms with Crippen LogP contribution >= 0.6 is 15.9 Å². The molecule has 3 aromatic rings. The number of pyridine rings is 1. The van der Waals surface area contributed by atoms with Crippen LogP contribution in [0.2, 0.25) is 0 Å². The van der Waals surface area contributed by atoms with Gasteiger partial charge in [-0.1, -0.05) is 52.3 Å². The molecule has 2 nitrogen and oxygen atoms in total. The van der Waals surface area contributed by atoms with E-state index in [-0.39, 0.29) is 6.04 Å². The van der Waals surface area contributed by atoms with Gasteiger partial charge in [0.25, 0.3) is 0 Å². The Morgan fingerprint density at radius 1 is 1.05 bits per heavy atom. The number of hydrogen-bond donors (Lipinski definition) is 1. The number of fused-ring (bicyclic) bond motifs is 1.